The van der Waals surface area contributed by atoms with Gasteiger partial charge in [-0.2, -0.15) is 0 Å². The smallest absolute Gasteiger partial charge is 0.330 e. The molecule has 2 aliphatic heterocycles. The number of allylic oxidation sites excluding steroid dienone is 1. The van der Waals surface area contributed by atoms with E-state index in [2.05, 4.69) is 98.4 Å². The van der Waals surface area contributed by atoms with E-state index in [0.717, 1.165) is 44.5 Å². The lowest BCUT2D eigenvalue weighted by atomic mass is 9.78. The first-order valence-electron chi connectivity index (χ1n) is 16.6. The zero-order chi connectivity index (χ0) is 32.4. The van der Waals surface area contributed by atoms with Gasteiger partial charge in [0.05, 0.1) is 27.6 Å². The molecule has 0 aromatic carbocycles. The molecule has 0 radical (unpaired) electrons. The Hall–Kier alpha value is -1.15. The summed E-state index contributed by atoms with van der Waals surface area (Å²) in [4.78, 5) is 25.0. The van der Waals surface area contributed by atoms with Crippen LogP contribution in [0.2, 0.25) is 0 Å². The Kier molecular flexibility index (Phi) is 11.9. The highest BCUT2D eigenvalue weighted by molar-refractivity contribution is 5.75. The quantitative estimate of drug-likeness (QED) is 0.177. The van der Waals surface area contributed by atoms with E-state index in [1.807, 2.05) is 25.8 Å². The third-order valence-corrected chi connectivity index (χ3v) is 8.98. The van der Waals surface area contributed by atoms with Gasteiger partial charge in [-0.3, -0.25) is 0 Å². The van der Waals surface area contributed by atoms with Crippen molar-refractivity contribution in [2.75, 3.05) is 13.1 Å². The maximum atomic E-state index is 12.6. The fourth-order valence-corrected chi connectivity index (χ4v) is 6.99. The van der Waals surface area contributed by atoms with Crippen molar-refractivity contribution in [1.82, 2.24) is 20.8 Å². The number of nitrogens with one attached hydrogen (secondary N) is 2. The highest BCUT2D eigenvalue weighted by Crippen LogP contribution is 2.42. The van der Waals surface area contributed by atoms with Gasteiger partial charge in [0.2, 0.25) is 0 Å². The van der Waals surface area contributed by atoms with Crippen LogP contribution in [-0.2, 0) is 14.5 Å². The lowest BCUT2D eigenvalue weighted by Crippen LogP contribution is -2.64. The van der Waals surface area contributed by atoms with Crippen molar-refractivity contribution < 1.29 is 14.5 Å². The van der Waals surface area contributed by atoms with Gasteiger partial charge in [-0.1, -0.05) is 40.2 Å². The van der Waals surface area contributed by atoms with Gasteiger partial charge in [0.25, 0.3) is 0 Å². The summed E-state index contributed by atoms with van der Waals surface area (Å²) >= 11 is 0. The first kappa shape index (κ1) is 37.0. The minimum absolute atomic E-state index is 0.0766. The van der Waals surface area contributed by atoms with E-state index in [-0.39, 0.29) is 33.5 Å². The minimum atomic E-state index is -0.515. The van der Waals surface area contributed by atoms with Crippen LogP contribution in [0.3, 0.4) is 0 Å². The van der Waals surface area contributed by atoms with Crippen molar-refractivity contribution >= 4 is 5.97 Å². The first-order chi connectivity index (χ1) is 18.9. The van der Waals surface area contributed by atoms with Crippen LogP contribution in [0.5, 0.6) is 0 Å². The molecular formula is C35H68N4O3. The van der Waals surface area contributed by atoms with Gasteiger partial charge in [-0.15, -0.1) is 10.1 Å². The van der Waals surface area contributed by atoms with Gasteiger partial charge in [0.15, 0.2) is 0 Å². The van der Waals surface area contributed by atoms with E-state index in [4.69, 9.17) is 9.68 Å². The number of carbonyl (C=O) groups excluding carboxylic acids is 1. The van der Waals surface area contributed by atoms with E-state index in [0.29, 0.717) is 12.1 Å². The van der Waals surface area contributed by atoms with Gasteiger partial charge < -0.3 is 20.3 Å². The number of hydrogen-bond acceptors (Lipinski definition) is 7. The molecule has 0 aromatic rings. The molecule has 0 unspecified atom stereocenters. The molecular weight excluding hydrogens is 524 g/mol. The van der Waals surface area contributed by atoms with Crippen LogP contribution in [-0.4, -0.2) is 63.4 Å². The van der Waals surface area contributed by atoms with Gasteiger partial charge in [0.1, 0.15) is 5.76 Å². The fourth-order valence-electron chi connectivity index (χ4n) is 6.99. The Morgan fingerprint density at radius 3 is 1.29 bits per heavy atom. The van der Waals surface area contributed by atoms with Crippen LogP contribution in [0.1, 0.15) is 148 Å². The van der Waals surface area contributed by atoms with Crippen LogP contribution in [0.25, 0.3) is 0 Å². The molecule has 7 heteroatoms. The van der Waals surface area contributed by atoms with Crippen molar-refractivity contribution in [3.63, 3.8) is 0 Å². The Morgan fingerprint density at radius 2 is 0.976 bits per heavy atom. The zero-order valence-corrected chi connectivity index (χ0v) is 30.1. The topological polar surface area (TPSA) is 66.1 Å². The van der Waals surface area contributed by atoms with Crippen LogP contribution < -0.4 is 10.6 Å². The summed E-state index contributed by atoms with van der Waals surface area (Å²) < 4.78 is 0. The van der Waals surface area contributed by atoms with Crippen molar-refractivity contribution in [2.24, 2.45) is 10.8 Å². The summed E-state index contributed by atoms with van der Waals surface area (Å²) in [5.74, 6) is 0.655. The van der Waals surface area contributed by atoms with Crippen LogP contribution in [0, 0.1) is 10.8 Å². The second kappa shape index (κ2) is 13.5. The first-order valence-corrected chi connectivity index (χ1v) is 16.6. The number of unbranched alkanes of at least 4 members (excludes halogenated alkanes) is 3. The number of rotatable bonds is 12. The van der Waals surface area contributed by atoms with Gasteiger partial charge in [-0.25, -0.2) is 4.79 Å². The molecule has 2 saturated heterocycles. The molecule has 2 heterocycles. The Bertz CT molecular complexity index is 800. The second-order valence-corrected chi connectivity index (χ2v) is 17.8. The minimum Gasteiger partial charge on any atom is -0.409 e. The molecule has 2 aliphatic rings. The van der Waals surface area contributed by atoms with Crippen LogP contribution in [0.4, 0.5) is 0 Å². The van der Waals surface area contributed by atoms with E-state index in [1.54, 1.807) is 0 Å². The third kappa shape index (κ3) is 10.2. The SMILES string of the molecule is C=C(ON1C(C)(C)CC(NCCCCCCNC2CC(C)(C)N(OC(=O)C(C)(C)C)C(C)(C)C2)CC1(C)C)C(C)(C)C. The lowest BCUT2D eigenvalue weighted by molar-refractivity contribution is -0.274. The highest BCUT2D eigenvalue weighted by atomic mass is 16.7. The fraction of sp³-hybridized carbons (Fsp3) is 0.914. The normalized spacial score (nSPS) is 23.5. The molecule has 0 aromatic heterocycles. The average Bonchev–Trinajstić information content (AvgIpc) is 2.77. The van der Waals surface area contributed by atoms with Crippen molar-refractivity contribution in [3.05, 3.63) is 12.3 Å². The van der Waals surface area contributed by atoms with Crippen molar-refractivity contribution in [1.29, 1.82) is 0 Å². The lowest BCUT2D eigenvalue weighted by Gasteiger charge is -2.54. The van der Waals surface area contributed by atoms with E-state index in [1.165, 1.54) is 25.7 Å². The highest BCUT2D eigenvalue weighted by Gasteiger charge is 2.49. The number of nitrogens with zero attached hydrogens (tertiary/aromatic N) is 2. The van der Waals surface area contributed by atoms with E-state index >= 15 is 0 Å². The van der Waals surface area contributed by atoms with E-state index in [9.17, 15) is 4.79 Å². The monoisotopic (exact) mass is 593 g/mol. The molecule has 2 fully saturated rings. The Morgan fingerprint density at radius 1 is 0.643 bits per heavy atom. The maximum Gasteiger partial charge on any atom is 0.330 e. The zero-order valence-electron chi connectivity index (χ0n) is 30.1. The molecule has 246 valence electrons. The number of hydroxylamine groups is 4. The molecule has 7 nitrogen and oxygen atoms in total. The summed E-state index contributed by atoms with van der Waals surface area (Å²) in [5.41, 5.74) is -1.20. The van der Waals surface area contributed by atoms with Gasteiger partial charge >= 0.3 is 5.97 Å². The molecule has 0 atom stereocenters. The predicted octanol–water partition coefficient (Wildman–Crippen LogP) is 7.76. The van der Waals surface area contributed by atoms with Crippen LogP contribution in [0.15, 0.2) is 12.3 Å². The number of piperidine rings is 2. The van der Waals surface area contributed by atoms with Crippen molar-refractivity contribution in [3.8, 4) is 0 Å². The molecule has 0 aliphatic carbocycles. The standard InChI is InChI=1S/C35H68N4O3/c1-26(30(2,3)4)41-38-32(8,9)22-27(23-33(38,10)11)36-20-18-16-17-19-21-37-28-24-34(12,13)39(35(14,15)25-28)42-29(40)31(5,6)7/h27-28,36-37H,1,16-25H2,2-15H3. The average molecular weight is 593 g/mol. The maximum absolute atomic E-state index is 12.6. The van der Waals surface area contributed by atoms with E-state index < -0.39 is 5.41 Å². The molecule has 0 amide bonds. The van der Waals surface area contributed by atoms with Crippen molar-refractivity contribution in [2.45, 2.75) is 183 Å². The predicted molar refractivity (Wildman–Crippen MR) is 176 cm³/mol. The second-order valence-electron chi connectivity index (χ2n) is 17.8. The molecule has 0 saturated carbocycles. The Labute approximate surface area is 259 Å². The summed E-state index contributed by atoms with van der Waals surface area (Å²) in [6.07, 6.45) is 8.90. The largest absolute Gasteiger partial charge is 0.409 e. The number of hydrogen-bond donors (Lipinski definition) is 2. The summed E-state index contributed by atoms with van der Waals surface area (Å²) in [6, 6.07) is 0.906. The summed E-state index contributed by atoms with van der Waals surface area (Å²) in [6.45, 7) is 36.4. The van der Waals surface area contributed by atoms with Crippen LogP contribution >= 0.6 is 0 Å². The molecule has 0 spiro atoms. The van der Waals surface area contributed by atoms with Gasteiger partial charge in [0, 0.05) is 17.5 Å². The summed E-state index contributed by atoms with van der Waals surface area (Å²) in [5, 5.41) is 11.8. The van der Waals surface area contributed by atoms with Gasteiger partial charge in [-0.05, 0) is 128 Å². The third-order valence-electron chi connectivity index (χ3n) is 8.98. The molecule has 2 N–H and O–H groups in total. The number of carbonyl (C=O) groups is 1. The summed E-state index contributed by atoms with van der Waals surface area (Å²) in [7, 11) is 0. The molecule has 2 rings (SSSR count). The molecule has 42 heavy (non-hydrogen) atoms. The Balaban J connectivity index is 1.71. The molecule has 0 bridgehead atoms.